The number of rotatable bonds is 13. The molecule has 2 N–H and O–H groups in total. The van der Waals surface area contributed by atoms with Gasteiger partial charge in [0.1, 0.15) is 28.9 Å². The molecule has 5 aromatic rings. The summed E-state index contributed by atoms with van der Waals surface area (Å²) in [5, 5.41) is 5.38. The second kappa shape index (κ2) is 17.4. The number of thioether (sulfide) groups is 1. The summed E-state index contributed by atoms with van der Waals surface area (Å²) < 4.78 is 32.1. The quantitative estimate of drug-likeness (QED) is 0.0795. The van der Waals surface area contributed by atoms with E-state index >= 15 is 8.78 Å². The molecule has 3 aromatic heterocycles. The largest absolute Gasteiger partial charge is 0.340 e. The van der Waals surface area contributed by atoms with Crippen LogP contribution in [0.25, 0.3) is 22.3 Å². The Bertz CT molecular complexity index is 2470. The average Bonchev–Trinajstić information content (AvgIpc) is 3.75. The fraction of sp³-hybridized carbons (Fsp3) is 0.395. The summed E-state index contributed by atoms with van der Waals surface area (Å²) in [5.41, 5.74) is 3.55. The van der Waals surface area contributed by atoms with E-state index < -0.39 is 23.6 Å². The summed E-state index contributed by atoms with van der Waals surface area (Å²) in [4.78, 5) is 74.4. The number of nitrogens with zero attached hydrogens (tertiary/aromatic N) is 8. The average molecular weight is 837 g/mol. The number of piperazine rings is 1. The van der Waals surface area contributed by atoms with E-state index in [4.69, 9.17) is 0 Å². The van der Waals surface area contributed by atoms with Crippen LogP contribution in [0.5, 0.6) is 0 Å². The van der Waals surface area contributed by atoms with Gasteiger partial charge in [0, 0.05) is 80.4 Å². The number of hydrogen-bond donors (Lipinski definition) is 2. The van der Waals surface area contributed by atoms with E-state index in [0.717, 1.165) is 53.9 Å². The molecule has 0 spiro atoms. The summed E-state index contributed by atoms with van der Waals surface area (Å²) in [6.45, 7) is 9.56. The number of aromatic nitrogens is 5. The molecule has 60 heavy (non-hydrogen) atoms. The third kappa shape index (κ3) is 8.59. The van der Waals surface area contributed by atoms with Gasteiger partial charge in [-0.1, -0.05) is 12.1 Å². The standard InChI is InChI=1S/C43H46F2N10O4S/c1-25(2)55-26(3)48-40-31(44)19-28(20-34(40)55)39-32(45)22-47-43(51-39)49-36-12-10-27(21-46-36)23-52-14-16-53(17-15-52)38(57)9-4-5-18-60-35-8-6-7-29-30(35)24-54(42(29)59)33-11-13-37(56)50-41(33)58/h6-8,10,12,19-22,25,33H,4-5,9,11,13-18,23-24H2,1-3H3,(H,50,56,58)(H,46,47,49,51). The number of benzene rings is 2. The van der Waals surface area contributed by atoms with Crippen molar-refractivity contribution in [1.29, 1.82) is 0 Å². The normalized spacial score (nSPS) is 17.2. The lowest BCUT2D eigenvalue weighted by Gasteiger charge is -2.34. The van der Waals surface area contributed by atoms with Crippen molar-refractivity contribution in [3.8, 4) is 11.3 Å². The van der Waals surface area contributed by atoms with Gasteiger partial charge < -0.3 is 19.7 Å². The molecule has 14 nitrogen and oxygen atoms in total. The molecule has 4 amide bonds. The van der Waals surface area contributed by atoms with Gasteiger partial charge in [0.05, 0.1) is 11.7 Å². The van der Waals surface area contributed by atoms with Gasteiger partial charge in [-0.25, -0.2) is 28.7 Å². The second-order valence-corrected chi connectivity index (χ2v) is 16.8. The monoisotopic (exact) mass is 836 g/mol. The molecule has 0 aliphatic carbocycles. The Morgan fingerprint density at radius 1 is 0.983 bits per heavy atom. The molecule has 1 atom stereocenters. The van der Waals surface area contributed by atoms with Gasteiger partial charge in [-0.15, -0.1) is 11.8 Å². The Morgan fingerprint density at radius 2 is 1.80 bits per heavy atom. The smallest absolute Gasteiger partial charge is 0.255 e. The fourth-order valence-electron chi connectivity index (χ4n) is 8.22. The Labute approximate surface area is 350 Å². The van der Waals surface area contributed by atoms with Crippen LogP contribution in [0.4, 0.5) is 20.5 Å². The van der Waals surface area contributed by atoms with Crippen molar-refractivity contribution in [3.63, 3.8) is 0 Å². The van der Waals surface area contributed by atoms with Crippen LogP contribution in [-0.4, -0.2) is 101 Å². The number of imide groups is 1. The third-order valence-corrected chi connectivity index (χ3v) is 12.4. The first-order chi connectivity index (χ1) is 28.9. The lowest BCUT2D eigenvalue weighted by atomic mass is 10.0. The second-order valence-electron chi connectivity index (χ2n) is 15.7. The number of carbonyl (C=O) groups excluding carboxylic acids is 4. The summed E-state index contributed by atoms with van der Waals surface area (Å²) >= 11 is 1.66. The third-order valence-electron chi connectivity index (χ3n) is 11.2. The molecule has 17 heteroatoms. The number of amides is 4. The number of aryl methyl sites for hydroxylation is 1. The molecule has 2 saturated heterocycles. The van der Waals surface area contributed by atoms with E-state index in [-0.39, 0.29) is 52.9 Å². The molecule has 1 unspecified atom stereocenters. The number of imidazole rings is 1. The van der Waals surface area contributed by atoms with Crippen LogP contribution in [0, 0.1) is 18.6 Å². The predicted octanol–water partition coefficient (Wildman–Crippen LogP) is 6.17. The maximum atomic E-state index is 15.1. The number of fused-ring (bicyclic) bond motifs is 2. The van der Waals surface area contributed by atoms with E-state index in [1.807, 2.05) is 48.4 Å². The molecular weight excluding hydrogens is 791 g/mol. The Hall–Kier alpha value is -5.81. The number of nitrogens with one attached hydrogen (secondary N) is 2. The predicted molar refractivity (Wildman–Crippen MR) is 222 cm³/mol. The number of unbranched alkanes of at least 4 members (excludes halogenated alkanes) is 1. The maximum absolute atomic E-state index is 15.1. The Balaban J connectivity index is 0.776. The number of piperidine rings is 1. The molecule has 3 aliphatic rings. The Kier molecular flexibility index (Phi) is 11.9. The van der Waals surface area contributed by atoms with E-state index in [1.165, 1.54) is 6.07 Å². The zero-order chi connectivity index (χ0) is 42.1. The van der Waals surface area contributed by atoms with Crippen LogP contribution < -0.4 is 10.6 Å². The van der Waals surface area contributed by atoms with Crippen LogP contribution >= 0.6 is 11.8 Å². The van der Waals surface area contributed by atoms with Crippen LogP contribution in [-0.2, 0) is 27.5 Å². The highest BCUT2D eigenvalue weighted by molar-refractivity contribution is 7.99. The van der Waals surface area contributed by atoms with E-state index in [0.29, 0.717) is 61.7 Å². The van der Waals surface area contributed by atoms with Gasteiger partial charge in [-0.3, -0.25) is 29.4 Å². The van der Waals surface area contributed by atoms with Crippen molar-refractivity contribution in [2.45, 2.75) is 82.9 Å². The van der Waals surface area contributed by atoms with Crippen molar-refractivity contribution < 1.29 is 28.0 Å². The number of hydrogen-bond acceptors (Lipinski definition) is 11. The number of halogens is 2. The number of carbonyl (C=O) groups is 4. The molecular formula is C43H46F2N10O4S. The molecule has 6 heterocycles. The topological polar surface area (TPSA) is 159 Å². The van der Waals surface area contributed by atoms with E-state index in [1.54, 1.807) is 41.1 Å². The van der Waals surface area contributed by atoms with Gasteiger partial charge >= 0.3 is 0 Å². The summed E-state index contributed by atoms with van der Waals surface area (Å²) in [6, 6.07) is 11.7. The zero-order valence-corrected chi connectivity index (χ0v) is 34.5. The van der Waals surface area contributed by atoms with E-state index in [2.05, 4.69) is 35.5 Å². The van der Waals surface area contributed by atoms with Gasteiger partial charge in [-0.2, -0.15) is 0 Å². The number of anilines is 2. The van der Waals surface area contributed by atoms with Gasteiger partial charge in [0.2, 0.25) is 23.7 Å². The van der Waals surface area contributed by atoms with Crippen molar-refractivity contribution >= 4 is 58.2 Å². The lowest BCUT2D eigenvalue weighted by molar-refractivity contribution is -0.137. The van der Waals surface area contributed by atoms with Crippen molar-refractivity contribution in [3.05, 3.63) is 89.0 Å². The van der Waals surface area contributed by atoms with Gasteiger partial charge in [-0.05, 0) is 87.2 Å². The van der Waals surface area contributed by atoms with Crippen molar-refractivity contribution in [2.75, 3.05) is 37.2 Å². The zero-order valence-electron chi connectivity index (χ0n) is 33.7. The highest BCUT2D eigenvalue weighted by Crippen LogP contribution is 2.35. The minimum Gasteiger partial charge on any atom is -0.340 e. The summed E-state index contributed by atoms with van der Waals surface area (Å²) in [6.07, 6.45) is 5.45. The maximum Gasteiger partial charge on any atom is 0.255 e. The molecule has 0 bridgehead atoms. The molecule has 0 radical (unpaired) electrons. The van der Waals surface area contributed by atoms with Gasteiger partial charge in [0.15, 0.2) is 11.6 Å². The highest BCUT2D eigenvalue weighted by Gasteiger charge is 2.40. The molecule has 312 valence electrons. The summed E-state index contributed by atoms with van der Waals surface area (Å²) in [5.74, 6) is 0.0752. The molecule has 3 aliphatic heterocycles. The molecule has 8 rings (SSSR count). The summed E-state index contributed by atoms with van der Waals surface area (Å²) in [7, 11) is 0. The van der Waals surface area contributed by atoms with Crippen LogP contribution in [0.1, 0.15) is 79.3 Å². The minimum absolute atomic E-state index is 0.0303. The van der Waals surface area contributed by atoms with Crippen molar-refractivity contribution in [1.82, 2.24) is 44.5 Å². The minimum atomic E-state index is -0.679. The molecule has 0 saturated carbocycles. The van der Waals surface area contributed by atoms with Crippen molar-refractivity contribution in [2.24, 2.45) is 0 Å². The Morgan fingerprint density at radius 3 is 2.55 bits per heavy atom. The number of pyridine rings is 1. The molecule has 2 fully saturated rings. The lowest BCUT2D eigenvalue weighted by Crippen LogP contribution is -2.52. The van der Waals surface area contributed by atoms with Gasteiger partial charge in [0.25, 0.3) is 5.91 Å². The first-order valence-corrected chi connectivity index (χ1v) is 21.2. The van der Waals surface area contributed by atoms with E-state index in [9.17, 15) is 19.2 Å². The fourth-order valence-corrected chi connectivity index (χ4v) is 9.31. The first-order valence-electron chi connectivity index (χ1n) is 20.3. The first kappa shape index (κ1) is 40.9. The molecule has 2 aromatic carbocycles. The van der Waals surface area contributed by atoms with Crippen LogP contribution in [0.15, 0.2) is 59.8 Å². The highest BCUT2D eigenvalue weighted by atomic mass is 32.2. The SMILES string of the molecule is Cc1nc2c(F)cc(-c3nc(Nc4ccc(CN5CCN(C(=O)CCCCSc6cccc7c6CN(C6CCC(=O)NC6=O)C7=O)CC5)cn4)ncc3F)cc2n1C(C)C. The van der Waals surface area contributed by atoms with Crippen LogP contribution in [0.3, 0.4) is 0 Å². The van der Waals surface area contributed by atoms with Crippen LogP contribution in [0.2, 0.25) is 0 Å².